The average molecular weight is 209 g/mol. The van der Waals surface area contributed by atoms with Crippen LogP contribution in [0.3, 0.4) is 0 Å². The Bertz CT molecular complexity index is 321. The van der Waals surface area contributed by atoms with E-state index in [9.17, 15) is 4.79 Å². The zero-order chi connectivity index (χ0) is 9.97. The van der Waals surface area contributed by atoms with Crippen molar-refractivity contribution in [3.8, 4) is 0 Å². The van der Waals surface area contributed by atoms with E-state index in [0.717, 1.165) is 17.1 Å². The largest absolute Gasteiger partial charge is 0.297 e. The molecule has 1 saturated carbocycles. The zero-order valence-electron chi connectivity index (χ0n) is 8.40. The molecule has 1 aliphatic carbocycles. The van der Waals surface area contributed by atoms with Crippen LogP contribution in [0.1, 0.15) is 53.2 Å². The highest BCUT2D eigenvalue weighted by atomic mass is 32.1. The van der Waals surface area contributed by atoms with Crippen LogP contribution in [0, 0.1) is 5.92 Å². The zero-order valence-corrected chi connectivity index (χ0v) is 9.22. The van der Waals surface area contributed by atoms with E-state index in [1.807, 2.05) is 0 Å². The molecule has 0 aromatic carbocycles. The maximum absolute atomic E-state index is 10.6. The first-order chi connectivity index (χ1) is 6.81. The number of carbonyl (C=O) groups excluding carboxylic acids is 1. The van der Waals surface area contributed by atoms with Gasteiger partial charge in [0.2, 0.25) is 0 Å². The molecule has 14 heavy (non-hydrogen) atoms. The number of carbonyl (C=O) groups is 1. The molecule has 76 valence electrons. The van der Waals surface area contributed by atoms with Gasteiger partial charge < -0.3 is 0 Å². The van der Waals surface area contributed by atoms with Crippen molar-refractivity contribution in [1.82, 2.24) is 4.98 Å². The lowest BCUT2D eigenvalue weighted by Crippen LogP contribution is -2.14. The number of aldehydes is 1. The Balaban J connectivity index is 2.16. The van der Waals surface area contributed by atoms with Crippen LogP contribution in [0.25, 0.3) is 0 Å². The molecule has 0 radical (unpaired) electrons. The lowest BCUT2D eigenvalue weighted by atomic mass is 9.81. The van der Waals surface area contributed by atoms with Crippen molar-refractivity contribution < 1.29 is 4.79 Å². The summed E-state index contributed by atoms with van der Waals surface area (Å²) < 4.78 is 0. The molecule has 0 spiro atoms. The first-order valence-corrected chi connectivity index (χ1v) is 6.04. The predicted molar refractivity (Wildman–Crippen MR) is 57.9 cm³/mol. The molecule has 3 heteroatoms. The number of rotatable bonds is 2. The van der Waals surface area contributed by atoms with Crippen molar-refractivity contribution in [2.24, 2.45) is 5.92 Å². The summed E-state index contributed by atoms with van der Waals surface area (Å²) in [6.07, 6.45) is 7.81. The van der Waals surface area contributed by atoms with Crippen LogP contribution in [0.4, 0.5) is 0 Å². The van der Waals surface area contributed by atoms with Crippen LogP contribution < -0.4 is 0 Å². The smallest absolute Gasteiger partial charge is 0.161 e. The normalized spacial score (nSPS) is 27.5. The molecule has 2 rings (SSSR count). The molecule has 0 aliphatic heterocycles. The Morgan fingerprint density at radius 2 is 2.29 bits per heavy atom. The number of hydrogen-bond acceptors (Lipinski definition) is 3. The van der Waals surface area contributed by atoms with E-state index in [2.05, 4.69) is 11.9 Å². The summed E-state index contributed by atoms with van der Waals surface area (Å²) >= 11 is 1.56. The fraction of sp³-hybridized carbons (Fsp3) is 0.636. The molecule has 0 bridgehead atoms. The summed E-state index contributed by atoms with van der Waals surface area (Å²) in [4.78, 5) is 15.7. The van der Waals surface area contributed by atoms with Gasteiger partial charge in [0.25, 0.3) is 0 Å². The maximum Gasteiger partial charge on any atom is 0.161 e. The fourth-order valence-corrected chi connectivity index (χ4v) is 3.21. The van der Waals surface area contributed by atoms with Gasteiger partial charge in [-0.25, -0.2) is 4.98 Å². The van der Waals surface area contributed by atoms with Crippen molar-refractivity contribution >= 4 is 17.6 Å². The Kier molecular flexibility index (Phi) is 2.96. The van der Waals surface area contributed by atoms with Crippen LogP contribution in [0.15, 0.2) is 6.20 Å². The lowest BCUT2D eigenvalue weighted by molar-refractivity contribution is 0.112. The molecule has 1 fully saturated rings. The minimum atomic E-state index is 0.599. The quantitative estimate of drug-likeness (QED) is 0.700. The molecule has 0 N–H and O–H groups in total. The highest BCUT2D eigenvalue weighted by molar-refractivity contribution is 7.13. The second-order valence-corrected chi connectivity index (χ2v) is 5.18. The SMILES string of the molecule is CC1CCCCC1c1ncc(C=O)s1. The Morgan fingerprint density at radius 1 is 1.50 bits per heavy atom. The van der Waals surface area contributed by atoms with Gasteiger partial charge in [-0.15, -0.1) is 11.3 Å². The Hall–Kier alpha value is -0.700. The molecular weight excluding hydrogens is 194 g/mol. The van der Waals surface area contributed by atoms with Crippen molar-refractivity contribution in [2.75, 3.05) is 0 Å². The van der Waals surface area contributed by atoms with E-state index in [4.69, 9.17) is 0 Å². The van der Waals surface area contributed by atoms with Crippen molar-refractivity contribution in [1.29, 1.82) is 0 Å². The third-order valence-electron chi connectivity index (χ3n) is 3.09. The molecule has 0 amide bonds. The summed E-state index contributed by atoms with van der Waals surface area (Å²) in [6, 6.07) is 0. The number of aromatic nitrogens is 1. The minimum Gasteiger partial charge on any atom is -0.297 e. The van der Waals surface area contributed by atoms with Gasteiger partial charge >= 0.3 is 0 Å². The highest BCUT2D eigenvalue weighted by Gasteiger charge is 2.25. The van der Waals surface area contributed by atoms with E-state index >= 15 is 0 Å². The van der Waals surface area contributed by atoms with Crippen LogP contribution in [0.2, 0.25) is 0 Å². The number of thiazole rings is 1. The first-order valence-electron chi connectivity index (χ1n) is 5.22. The molecule has 1 aromatic heterocycles. The van der Waals surface area contributed by atoms with Crippen molar-refractivity contribution in [3.05, 3.63) is 16.1 Å². The second-order valence-electron chi connectivity index (χ2n) is 4.09. The van der Waals surface area contributed by atoms with E-state index in [1.54, 1.807) is 17.5 Å². The van der Waals surface area contributed by atoms with Gasteiger partial charge in [-0.1, -0.05) is 26.2 Å². The average Bonchev–Trinajstić information content (AvgIpc) is 2.67. The van der Waals surface area contributed by atoms with Crippen LogP contribution in [-0.2, 0) is 0 Å². The predicted octanol–water partition coefficient (Wildman–Crippen LogP) is 3.25. The van der Waals surface area contributed by atoms with Gasteiger partial charge in [0, 0.05) is 12.1 Å². The van der Waals surface area contributed by atoms with Crippen LogP contribution in [-0.4, -0.2) is 11.3 Å². The first kappa shape index (κ1) is 9.84. The third kappa shape index (κ3) is 1.87. The van der Waals surface area contributed by atoms with E-state index in [-0.39, 0.29) is 0 Å². The standard InChI is InChI=1S/C11H15NOS/c1-8-4-2-3-5-10(8)11-12-6-9(7-13)14-11/h6-8,10H,2-5H2,1H3. The summed E-state index contributed by atoms with van der Waals surface area (Å²) in [5.74, 6) is 1.33. The van der Waals surface area contributed by atoms with Gasteiger partial charge in [0.1, 0.15) is 0 Å². The highest BCUT2D eigenvalue weighted by Crippen LogP contribution is 2.38. The Morgan fingerprint density at radius 3 is 2.93 bits per heavy atom. The molecule has 2 nitrogen and oxygen atoms in total. The fourth-order valence-electron chi connectivity index (χ4n) is 2.21. The van der Waals surface area contributed by atoms with Gasteiger partial charge in [-0.2, -0.15) is 0 Å². The summed E-state index contributed by atoms with van der Waals surface area (Å²) in [5, 5.41) is 1.17. The second kappa shape index (κ2) is 4.22. The summed E-state index contributed by atoms with van der Waals surface area (Å²) in [6.45, 7) is 2.30. The lowest BCUT2D eigenvalue weighted by Gasteiger charge is -2.26. The van der Waals surface area contributed by atoms with E-state index < -0.39 is 0 Å². The molecule has 1 aliphatic rings. The molecule has 2 atom stereocenters. The number of nitrogens with zero attached hydrogens (tertiary/aromatic N) is 1. The molecule has 2 unspecified atom stereocenters. The van der Waals surface area contributed by atoms with Gasteiger partial charge in [-0.05, 0) is 12.3 Å². The number of hydrogen-bond donors (Lipinski definition) is 0. The van der Waals surface area contributed by atoms with Crippen LogP contribution >= 0.6 is 11.3 Å². The van der Waals surface area contributed by atoms with Crippen molar-refractivity contribution in [3.63, 3.8) is 0 Å². The molecule has 0 saturated heterocycles. The maximum atomic E-state index is 10.6. The van der Waals surface area contributed by atoms with E-state index in [0.29, 0.717) is 5.92 Å². The Labute approximate surface area is 88.4 Å². The molecule has 1 heterocycles. The van der Waals surface area contributed by atoms with E-state index in [1.165, 1.54) is 30.7 Å². The van der Waals surface area contributed by atoms with Gasteiger partial charge in [0.15, 0.2) is 6.29 Å². The molecular formula is C11H15NOS. The van der Waals surface area contributed by atoms with Crippen LogP contribution in [0.5, 0.6) is 0 Å². The van der Waals surface area contributed by atoms with Crippen molar-refractivity contribution in [2.45, 2.75) is 38.5 Å². The van der Waals surface area contributed by atoms with Gasteiger partial charge in [0.05, 0.1) is 9.88 Å². The molecule has 1 aromatic rings. The summed E-state index contributed by atoms with van der Waals surface area (Å²) in [7, 11) is 0. The van der Waals surface area contributed by atoms with Gasteiger partial charge in [-0.3, -0.25) is 4.79 Å². The monoisotopic (exact) mass is 209 g/mol. The minimum absolute atomic E-state index is 0.599. The third-order valence-corrected chi connectivity index (χ3v) is 4.14. The topological polar surface area (TPSA) is 30.0 Å². The summed E-state index contributed by atoms with van der Waals surface area (Å²) in [5.41, 5.74) is 0.